The molecule has 7 nitrogen and oxygen atoms in total. The van der Waals surface area contributed by atoms with E-state index in [1.807, 2.05) is 9.97 Å². The summed E-state index contributed by atoms with van der Waals surface area (Å²) < 4.78 is 0. The Hall–Kier alpha value is -2.70. The van der Waals surface area contributed by atoms with Crippen LogP contribution in [0.5, 0.6) is 5.88 Å². The topological polar surface area (TPSA) is 123 Å². The summed E-state index contributed by atoms with van der Waals surface area (Å²) in [5, 5.41) is 11.5. The van der Waals surface area contributed by atoms with Crippen LogP contribution in [0.2, 0.25) is 0 Å². The zero-order chi connectivity index (χ0) is 13.4. The number of allylic oxidation sites excluding steroid dienone is 4. The van der Waals surface area contributed by atoms with Gasteiger partial charge < -0.3 is 10.1 Å². The van der Waals surface area contributed by atoms with Gasteiger partial charge in [-0.2, -0.15) is 0 Å². The van der Waals surface area contributed by atoms with Crippen molar-refractivity contribution >= 4 is 17.1 Å². The highest BCUT2D eigenvalue weighted by atomic mass is 16.3. The minimum Gasteiger partial charge on any atom is -0.860 e. The molecule has 0 aliphatic heterocycles. The largest absolute Gasteiger partial charge is 0.860 e. The second-order valence-electron chi connectivity index (χ2n) is 3.73. The summed E-state index contributed by atoms with van der Waals surface area (Å²) in [4.78, 5) is 48.7. The van der Waals surface area contributed by atoms with E-state index in [2.05, 4.69) is 0 Å². The van der Waals surface area contributed by atoms with Crippen molar-refractivity contribution in [3.8, 4) is 5.88 Å². The molecule has 0 radical (unpaired) electrons. The van der Waals surface area contributed by atoms with Crippen molar-refractivity contribution in [1.82, 2.24) is 9.97 Å². The van der Waals surface area contributed by atoms with E-state index in [-0.39, 0.29) is 16.7 Å². The molecule has 7 heteroatoms. The highest BCUT2D eigenvalue weighted by Crippen LogP contribution is 2.22. The Morgan fingerprint density at radius 1 is 1.06 bits per heavy atom. The van der Waals surface area contributed by atoms with E-state index >= 15 is 0 Å². The quantitative estimate of drug-likeness (QED) is 0.467. The molecule has 1 aromatic heterocycles. The van der Waals surface area contributed by atoms with Crippen LogP contribution in [-0.2, 0) is 9.59 Å². The van der Waals surface area contributed by atoms with E-state index in [0.717, 1.165) is 6.08 Å². The van der Waals surface area contributed by atoms with E-state index in [4.69, 9.17) is 0 Å². The van der Waals surface area contributed by atoms with E-state index < -0.39 is 28.7 Å². The summed E-state index contributed by atoms with van der Waals surface area (Å²) in [6, 6.07) is 0. The van der Waals surface area contributed by atoms with Crippen molar-refractivity contribution in [2.24, 2.45) is 0 Å². The van der Waals surface area contributed by atoms with Gasteiger partial charge in [0.1, 0.15) is 0 Å². The standard InChI is InChI=1S/C11H8N2O5/c1-4-2-5(3-6(14)8(4)15)7-9(16)12-11(18)13-10(7)17/h2-3H,1H3,(H3,12,13,16,17,18)/p-1. The van der Waals surface area contributed by atoms with Gasteiger partial charge >= 0.3 is 5.69 Å². The number of rotatable bonds is 1. The summed E-state index contributed by atoms with van der Waals surface area (Å²) in [7, 11) is 0. The highest BCUT2D eigenvalue weighted by molar-refractivity contribution is 6.49. The Morgan fingerprint density at radius 2 is 1.72 bits per heavy atom. The first-order valence-corrected chi connectivity index (χ1v) is 4.93. The maximum absolute atomic E-state index is 11.5. The summed E-state index contributed by atoms with van der Waals surface area (Å²) in [5.74, 6) is -2.40. The second kappa shape index (κ2) is 3.95. The lowest BCUT2D eigenvalue weighted by molar-refractivity contribution is -0.275. The number of nitrogens with one attached hydrogen (secondary N) is 2. The van der Waals surface area contributed by atoms with E-state index in [0.29, 0.717) is 0 Å². The second-order valence-corrected chi connectivity index (χ2v) is 3.73. The van der Waals surface area contributed by atoms with Gasteiger partial charge in [0, 0.05) is 5.57 Å². The molecule has 0 saturated carbocycles. The Bertz CT molecular complexity index is 733. The smallest absolute Gasteiger partial charge is 0.325 e. The number of carbonyl (C=O) groups is 2. The van der Waals surface area contributed by atoms with E-state index in [9.17, 15) is 24.3 Å². The van der Waals surface area contributed by atoms with Gasteiger partial charge in [0.15, 0.2) is 0 Å². The van der Waals surface area contributed by atoms with Gasteiger partial charge in [-0.25, -0.2) is 4.79 Å². The molecule has 0 saturated heterocycles. The number of hydrogen-bond acceptors (Lipinski definition) is 5. The van der Waals surface area contributed by atoms with Crippen LogP contribution in [0.25, 0.3) is 5.57 Å². The molecular weight excluding hydrogens is 240 g/mol. The first-order chi connectivity index (χ1) is 8.40. The number of aromatic amines is 2. The number of Topliss-reactive ketones (excluding diaryl/α,β-unsaturated/α-hetero) is 1. The van der Waals surface area contributed by atoms with Crippen molar-refractivity contribution in [3.63, 3.8) is 0 Å². The molecule has 1 aliphatic carbocycles. The molecule has 18 heavy (non-hydrogen) atoms. The normalized spacial score (nSPS) is 15.4. The molecule has 0 aromatic carbocycles. The van der Waals surface area contributed by atoms with Gasteiger partial charge in [0.25, 0.3) is 5.56 Å². The zero-order valence-corrected chi connectivity index (χ0v) is 9.20. The first kappa shape index (κ1) is 11.8. The number of hydrogen-bond donors (Lipinski definition) is 2. The van der Waals surface area contributed by atoms with Crippen LogP contribution >= 0.6 is 0 Å². The van der Waals surface area contributed by atoms with Gasteiger partial charge in [-0.05, 0) is 30.5 Å². The van der Waals surface area contributed by atoms with Gasteiger partial charge in [0.05, 0.1) is 5.56 Å². The average molecular weight is 247 g/mol. The average Bonchev–Trinajstić information content (AvgIpc) is 2.24. The Kier molecular flexibility index (Phi) is 2.59. The third-order valence-electron chi connectivity index (χ3n) is 2.44. The summed E-state index contributed by atoms with van der Waals surface area (Å²) >= 11 is 0. The third kappa shape index (κ3) is 1.81. The van der Waals surface area contributed by atoms with Gasteiger partial charge in [-0.3, -0.25) is 19.4 Å². The van der Waals surface area contributed by atoms with Gasteiger partial charge in [-0.1, -0.05) is 0 Å². The molecular formula is C11H7N2O5-. The predicted octanol–water partition coefficient (Wildman–Crippen LogP) is -1.38. The zero-order valence-electron chi connectivity index (χ0n) is 9.20. The molecule has 0 bridgehead atoms. The lowest BCUT2D eigenvalue weighted by Gasteiger charge is -2.14. The Balaban J connectivity index is 2.69. The fourth-order valence-electron chi connectivity index (χ4n) is 1.61. The van der Waals surface area contributed by atoms with Crippen LogP contribution in [-0.4, -0.2) is 21.5 Å². The summed E-state index contributed by atoms with van der Waals surface area (Å²) in [6.45, 7) is 1.40. The van der Waals surface area contributed by atoms with Gasteiger partial charge in [-0.15, -0.1) is 0 Å². The maximum Gasteiger partial charge on any atom is 0.325 e. The van der Waals surface area contributed by atoms with Crippen molar-refractivity contribution in [2.45, 2.75) is 6.92 Å². The van der Waals surface area contributed by atoms with Crippen LogP contribution in [0.1, 0.15) is 12.5 Å². The van der Waals surface area contributed by atoms with Crippen molar-refractivity contribution in [3.05, 3.63) is 44.1 Å². The SMILES string of the molecule is CC1=CC(c2c([O-])[nH]c(=O)[nH]c2=O)=CC(=O)C1=O. The molecule has 92 valence electrons. The molecule has 1 heterocycles. The number of H-pyrrole nitrogens is 2. The highest BCUT2D eigenvalue weighted by Gasteiger charge is 2.21. The molecule has 0 amide bonds. The molecule has 0 atom stereocenters. The summed E-state index contributed by atoms with van der Waals surface area (Å²) in [6.07, 6.45) is 2.16. The summed E-state index contributed by atoms with van der Waals surface area (Å²) in [5.41, 5.74) is -2.05. The number of ketones is 2. The Labute approximate surface area is 99.5 Å². The molecule has 2 N–H and O–H groups in total. The molecule has 1 aromatic rings. The minimum absolute atomic E-state index is 0.0135. The lowest BCUT2D eigenvalue weighted by Crippen LogP contribution is -2.28. The predicted molar refractivity (Wildman–Crippen MR) is 58.9 cm³/mol. The fourth-order valence-corrected chi connectivity index (χ4v) is 1.61. The fraction of sp³-hybridized carbons (Fsp3) is 0.0909. The molecule has 1 aliphatic rings. The Morgan fingerprint density at radius 3 is 2.28 bits per heavy atom. The van der Waals surface area contributed by atoms with Crippen LogP contribution < -0.4 is 16.4 Å². The van der Waals surface area contributed by atoms with Crippen LogP contribution in [0.15, 0.2) is 27.3 Å². The molecule has 2 rings (SSSR count). The lowest BCUT2D eigenvalue weighted by atomic mass is 9.95. The third-order valence-corrected chi connectivity index (χ3v) is 2.44. The van der Waals surface area contributed by atoms with Crippen molar-refractivity contribution in [1.29, 1.82) is 0 Å². The number of aromatic nitrogens is 2. The van der Waals surface area contributed by atoms with Crippen LogP contribution in [0.4, 0.5) is 0 Å². The monoisotopic (exact) mass is 247 g/mol. The van der Waals surface area contributed by atoms with Crippen molar-refractivity contribution < 1.29 is 14.7 Å². The number of carbonyl (C=O) groups excluding carboxylic acids is 2. The van der Waals surface area contributed by atoms with Crippen LogP contribution in [0, 0.1) is 0 Å². The van der Waals surface area contributed by atoms with E-state index in [1.54, 1.807) is 0 Å². The van der Waals surface area contributed by atoms with E-state index in [1.165, 1.54) is 13.0 Å². The first-order valence-electron chi connectivity index (χ1n) is 4.93. The molecule has 0 spiro atoms. The van der Waals surface area contributed by atoms with Crippen LogP contribution in [0.3, 0.4) is 0 Å². The maximum atomic E-state index is 11.5. The molecule has 0 unspecified atom stereocenters. The minimum atomic E-state index is -0.923. The molecule has 0 fully saturated rings. The van der Waals surface area contributed by atoms with Gasteiger partial charge in [0.2, 0.25) is 11.6 Å². The van der Waals surface area contributed by atoms with Crippen molar-refractivity contribution in [2.75, 3.05) is 0 Å².